The summed E-state index contributed by atoms with van der Waals surface area (Å²) in [7, 11) is 0. The zero-order valence-corrected chi connectivity index (χ0v) is 12.4. The minimum atomic E-state index is -2.38. The highest BCUT2D eigenvalue weighted by atomic mass is 16.7. The summed E-state index contributed by atoms with van der Waals surface area (Å²) in [6, 6.07) is 0. The number of aliphatic hydroxyl groups is 9. The molecule has 1 rings (SSSR count). The van der Waals surface area contributed by atoms with Gasteiger partial charge in [-0.15, -0.1) is 0 Å². The van der Waals surface area contributed by atoms with Crippen LogP contribution < -0.4 is 0 Å². The van der Waals surface area contributed by atoms with Crippen molar-refractivity contribution in [3.8, 4) is 0 Å². The summed E-state index contributed by atoms with van der Waals surface area (Å²) in [6.07, 6.45) is -17.2. The molecule has 0 aromatic heterocycles. The number of ether oxygens (including phenoxy) is 2. The van der Waals surface area contributed by atoms with Crippen LogP contribution in [0.3, 0.4) is 0 Å². The first-order chi connectivity index (χ1) is 11.1. The first-order valence-corrected chi connectivity index (χ1v) is 6.99. The maximum atomic E-state index is 11.7. The Bertz CT molecular complexity index is 403. The number of carbonyl (C=O) groups is 1. The molecule has 12 nitrogen and oxygen atoms in total. The lowest BCUT2D eigenvalue weighted by molar-refractivity contribution is -0.295. The predicted molar refractivity (Wildman–Crippen MR) is 71.0 cm³/mol. The van der Waals surface area contributed by atoms with Crippen LogP contribution in [-0.4, -0.2) is 120 Å². The van der Waals surface area contributed by atoms with Gasteiger partial charge in [0, 0.05) is 0 Å². The molecule has 12 heteroatoms. The van der Waals surface area contributed by atoms with Gasteiger partial charge in [-0.1, -0.05) is 0 Å². The van der Waals surface area contributed by atoms with E-state index in [4.69, 9.17) is 20.1 Å². The van der Waals surface area contributed by atoms with E-state index in [1.807, 2.05) is 0 Å². The predicted octanol–water partition coefficient (Wildman–Crippen LogP) is -6.23. The standard InChI is InChI=1S/C12H22O12/c13-1-3(15)5(16)7(18)9(20)11(22)24-12-10(21)8(19)6(17)4(2-14)23-12/h3-10,12-21H,1-2H2/t3?,4-,5?,6+,7?,8+,9?,10-,12?/m1/s1. The molecular formula is C12H22O12. The van der Waals surface area contributed by atoms with Crippen LogP contribution in [0.2, 0.25) is 0 Å². The lowest BCUT2D eigenvalue weighted by atomic mass is 9.99. The fourth-order valence-corrected chi connectivity index (χ4v) is 2.01. The Morgan fingerprint density at radius 2 is 1.54 bits per heavy atom. The molecule has 24 heavy (non-hydrogen) atoms. The van der Waals surface area contributed by atoms with Crippen LogP contribution in [0, 0.1) is 0 Å². The van der Waals surface area contributed by atoms with Crippen LogP contribution in [0.5, 0.6) is 0 Å². The summed E-state index contributed by atoms with van der Waals surface area (Å²) in [4.78, 5) is 11.7. The monoisotopic (exact) mass is 358 g/mol. The van der Waals surface area contributed by atoms with Gasteiger partial charge < -0.3 is 55.4 Å². The summed E-state index contributed by atoms with van der Waals surface area (Å²) in [5, 5.41) is 84.0. The largest absolute Gasteiger partial charge is 0.431 e. The van der Waals surface area contributed by atoms with Gasteiger partial charge >= 0.3 is 5.97 Å². The molecule has 0 aliphatic carbocycles. The third kappa shape index (κ3) is 4.58. The fourth-order valence-electron chi connectivity index (χ4n) is 2.01. The second kappa shape index (κ2) is 8.96. The van der Waals surface area contributed by atoms with Gasteiger partial charge in [0.15, 0.2) is 6.10 Å². The van der Waals surface area contributed by atoms with E-state index in [1.165, 1.54) is 0 Å². The van der Waals surface area contributed by atoms with E-state index in [0.29, 0.717) is 0 Å². The van der Waals surface area contributed by atoms with E-state index in [1.54, 1.807) is 0 Å². The van der Waals surface area contributed by atoms with Crippen molar-refractivity contribution in [1.29, 1.82) is 0 Å². The lowest BCUT2D eigenvalue weighted by Gasteiger charge is -2.39. The van der Waals surface area contributed by atoms with Gasteiger partial charge in [0.2, 0.25) is 6.29 Å². The van der Waals surface area contributed by atoms with Gasteiger partial charge in [-0.3, -0.25) is 0 Å². The number of hydrogen-bond donors (Lipinski definition) is 9. The molecule has 9 N–H and O–H groups in total. The summed E-state index contributed by atoms with van der Waals surface area (Å²) in [5.74, 6) is -1.59. The maximum Gasteiger partial charge on any atom is 0.340 e. The second-order valence-electron chi connectivity index (χ2n) is 5.31. The Morgan fingerprint density at radius 3 is 2.04 bits per heavy atom. The number of carbonyl (C=O) groups excluding carboxylic acids is 1. The van der Waals surface area contributed by atoms with Crippen LogP contribution in [0.15, 0.2) is 0 Å². The van der Waals surface area contributed by atoms with Crippen LogP contribution in [0.4, 0.5) is 0 Å². The third-order valence-electron chi connectivity index (χ3n) is 3.58. The van der Waals surface area contributed by atoms with E-state index < -0.39 is 74.3 Å². The zero-order valence-electron chi connectivity index (χ0n) is 12.4. The topological polar surface area (TPSA) is 218 Å². The van der Waals surface area contributed by atoms with Gasteiger partial charge in [0.25, 0.3) is 0 Å². The first kappa shape index (κ1) is 21.1. The summed E-state index contributed by atoms with van der Waals surface area (Å²) in [5.41, 5.74) is 0. The SMILES string of the molecule is O=C(OC1O[C@H](CO)[C@H](O)[C@H](O)[C@H]1O)C(O)C(O)C(O)C(O)CO. The van der Waals surface area contributed by atoms with Gasteiger partial charge in [-0.25, -0.2) is 4.79 Å². The van der Waals surface area contributed by atoms with Gasteiger partial charge in [-0.05, 0) is 0 Å². The molecule has 9 atom stereocenters. The Morgan fingerprint density at radius 1 is 0.958 bits per heavy atom. The van der Waals surface area contributed by atoms with Gasteiger partial charge in [0.05, 0.1) is 13.2 Å². The minimum absolute atomic E-state index is 0.772. The highest BCUT2D eigenvalue weighted by Gasteiger charge is 2.46. The summed E-state index contributed by atoms with van der Waals surface area (Å²) in [6.45, 7) is -1.72. The van der Waals surface area contributed by atoms with Crippen LogP contribution in [-0.2, 0) is 14.3 Å². The van der Waals surface area contributed by atoms with E-state index in [-0.39, 0.29) is 0 Å². The first-order valence-electron chi connectivity index (χ1n) is 6.99. The van der Waals surface area contributed by atoms with E-state index in [2.05, 4.69) is 4.74 Å². The molecule has 1 heterocycles. The average Bonchev–Trinajstić information content (AvgIpc) is 2.59. The molecule has 1 aliphatic rings. The number of esters is 1. The molecule has 0 aromatic rings. The summed E-state index contributed by atoms with van der Waals surface area (Å²) >= 11 is 0. The molecule has 1 saturated heterocycles. The van der Waals surface area contributed by atoms with Crippen molar-refractivity contribution in [1.82, 2.24) is 0 Å². The van der Waals surface area contributed by atoms with E-state index in [9.17, 15) is 35.4 Å². The Balaban J connectivity index is 2.71. The van der Waals surface area contributed by atoms with Crippen molar-refractivity contribution in [2.24, 2.45) is 0 Å². The van der Waals surface area contributed by atoms with Crippen molar-refractivity contribution in [3.63, 3.8) is 0 Å². The molecule has 0 aromatic carbocycles. The highest BCUT2D eigenvalue weighted by molar-refractivity contribution is 5.75. The minimum Gasteiger partial charge on any atom is -0.431 e. The Labute approximate surface area is 135 Å². The lowest BCUT2D eigenvalue weighted by Crippen LogP contribution is -2.60. The molecule has 0 radical (unpaired) electrons. The Kier molecular flexibility index (Phi) is 7.88. The number of hydrogen-bond acceptors (Lipinski definition) is 12. The van der Waals surface area contributed by atoms with Crippen molar-refractivity contribution in [2.45, 2.75) is 55.1 Å². The quantitative estimate of drug-likeness (QED) is 0.194. The average molecular weight is 358 g/mol. The second-order valence-corrected chi connectivity index (χ2v) is 5.31. The molecular weight excluding hydrogens is 336 g/mol. The smallest absolute Gasteiger partial charge is 0.340 e. The van der Waals surface area contributed by atoms with Crippen molar-refractivity contribution in [3.05, 3.63) is 0 Å². The van der Waals surface area contributed by atoms with E-state index in [0.717, 1.165) is 0 Å². The molecule has 1 aliphatic heterocycles. The van der Waals surface area contributed by atoms with Gasteiger partial charge in [-0.2, -0.15) is 0 Å². The summed E-state index contributed by atoms with van der Waals surface area (Å²) < 4.78 is 9.40. The molecule has 0 saturated carbocycles. The van der Waals surface area contributed by atoms with Crippen LogP contribution >= 0.6 is 0 Å². The van der Waals surface area contributed by atoms with Crippen molar-refractivity contribution < 1.29 is 60.2 Å². The molecule has 0 bridgehead atoms. The van der Waals surface area contributed by atoms with Crippen molar-refractivity contribution in [2.75, 3.05) is 13.2 Å². The number of rotatable bonds is 7. The maximum absolute atomic E-state index is 11.7. The van der Waals surface area contributed by atoms with E-state index >= 15 is 0 Å². The molecule has 0 spiro atoms. The molecule has 0 amide bonds. The van der Waals surface area contributed by atoms with Crippen LogP contribution in [0.25, 0.3) is 0 Å². The molecule has 5 unspecified atom stereocenters. The van der Waals surface area contributed by atoms with Gasteiger partial charge in [0.1, 0.15) is 42.7 Å². The zero-order chi connectivity index (χ0) is 18.6. The Hall–Kier alpha value is -0.930. The van der Waals surface area contributed by atoms with Crippen LogP contribution in [0.1, 0.15) is 0 Å². The fraction of sp³-hybridized carbons (Fsp3) is 0.917. The third-order valence-corrected chi connectivity index (χ3v) is 3.58. The van der Waals surface area contributed by atoms with Crippen molar-refractivity contribution >= 4 is 5.97 Å². The molecule has 142 valence electrons. The number of aliphatic hydroxyl groups excluding tert-OH is 9. The molecule has 1 fully saturated rings. The highest BCUT2D eigenvalue weighted by Crippen LogP contribution is 2.22. The normalized spacial score (nSPS) is 35.8.